The number of carbonyl (C=O) groups is 1. The molecule has 0 radical (unpaired) electrons. The van der Waals surface area contributed by atoms with E-state index in [1.165, 1.54) is 6.20 Å². The molecule has 2 rings (SSSR count). The van der Waals surface area contributed by atoms with Crippen molar-refractivity contribution in [3.05, 3.63) is 11.8 Å². The van der Waals surface area contributed by atoms with Crippen LogP contribution >= 0.6 is 24.0 Å². The van der Waals surface area contributed by atoms with Gasteiger partial charge in [-0.25, -0.2) is 0 Å². The Kier molecular flexibility index (Phi) is 3.45. The molecule has 1 aromatic heterocycles. The molecule has 1 fully saturated rings. The lowest BCUT2D eigenvalue weighted by molar-refractivity contribution is -0.115. The molecule has 0 spiro atoms. The third kappa shape index (κ3) is 2.35. The molecule has 0 aliphatic carbocycles. The highest BCUT2D eigenvalue weighted by atomic mass is 32.2. The van der Waals surface area contributed by atoms with Crippen LogP contribution in [0.25, 0.3) is 0 Å². The smallest absolute Gasteiger partial charge is 0.238 e. The van der Waals surface area contributed by atoms with Crippen LogP contribution in [0, 0.1) is 0 Å². The molecule has 1 saturated heterocycles. The Labute approximate surface area is 103 Å². The van der Waals surface area contributed by atoms with Crippen LogP contribution in [0.1, 0.15) is 18.4 Å². The van der Waals surface area contributed by atoms with Crippen LogP contribution in [0.3, 0.4) is 0 Å². The predicted octanol–water partition coefficient (Wildman–Crippen LogP) is 0.878. The van der Waals surface area contributed by atoms with Crippen molar-refractivity contribution in [1.29, 1.82) is 0 Å². The molecule has 0 aromatic carbocycles. The molecule has 1 aromatic rings. The number of rotatable bonds is 3. The number of anilines is 1. The van der Waals surface area contributed by atoms with Gasteiger partial charge in [-0.2, -0.15) is 5.10 Å². The third-order valence-electron chi connectivity index (χ3n) is 2.38. The zero-order valence-electron chi connectivity index (χ0n) is 8.53. The molecular weight excluding hydrogens is 244 g/mol. The summed E-state index contributed by atoms with van der Waals surface area (Å²) in [7, 11) is 0. The highest BCUT2D eigenvalue weighted by Crippen LogP contribution is 2.27. The Balaban J connectivity index is 2.05. The van der Waals surface area contributed by atoms with Crippen LogP contribution in [-0.2, 0) is 4.79 Å². The number of nitrogens with zero attached hydrogens (tertiary/aromatic N) is 1. The Bertz CT molecular complexity index is 411. The minimum Gasteiger partial charge on any atom is -0.389 e. The van der Waals surface area contributed by atoms with Crippen molar-refractivity contribution >= 4 is 40.7 Å². The second kappa shape index (κ2) is 4.84. The molecular formula is C9H12N4OS2. The van der Waals surface area contributed by atoms with Crippen molar-refractivity contribution in [3.63, 3.8) is 0 Å². The van der Waals surface area contributed by atoms with E-state index in [1.54, 1.807) is 11.8 Å². The largest absolute Gasteiger partial charge is 0.389 e. The summed E-state index contributed by atoms with van der Waals surface area (Å²) in [5.74, 6) is 1.53. The van der Waals surface area contributed by atoms with E-state index in [2.05, 4.69) is 15.5 Å². The van der Waals surface area contributed by atoms with Crippen molar-refractivity contribution in [2.75, 3.05) is 11.1 Å². The molecule has 5 nitrogen and oxygen atoms in total. The lowest BCUT2D eigenvalue weighted by Crippen LogP contribution is -2.24. The van der Waals surface area contributed by atoms with Gasteiger partial charge in [-0.15, -0.1) is 11.8 Å². The first kappa shape index (κ1) is 11.4. The van der Waals surface area contributed by atoms with Crippen molar-refractivity contribution < 1.29 is 4.79 Å². The Morgan fingerprint density at radius 3 is 3.19 bits per heavy atom. The monoisotopic (exact) mass is 256 g/mol. The Morgan fingerprint density at radius 1 is 1.75 bits per heavy atom. The minimum absolute atomic E-state index is 0.00995. The Morgan fingerprint density at radius 2 is 2.56 bits per heavy atom. The number of aromatic amines is 1. The van der Waals surface area contributed by atoms with E-state index < -0.39 is 0 Å². The van der Waals surface area contributed by atoms with E-state index in [-0.39, 0.29) is 16.1 Å². The van der Waals surface area contributed by atoms with Gasteiger partial charge in [0.15, 0.2) is 0 Å². The fourth-order valence-electron chi connectivity index (χ4n) is 1.56. The number of hydrogen-bond donors (Lipinski definition) is 3. The van der Waals surface area contributed by atoms with Crippen molar-refractivity contribution in [2.24, 2.45) is 5.73 Å². The topological polar surface area (TPSA) is 83.8 Å². The number of thiocarbonyl (C=S) groups is 1. The number of amides is 1. The Hall–Kier alpha value is -1.08. The van der Waals surface area contributed by atoms with Crippen LogP contribution in [-0.4, -0.2) is 32.1 Å². The van der Waals surface area contributed by atoms with Gasteiger partial charge in [0.2, 0.25) is 5.91 Å². The van der Waals surface area contributed by atoms with Crippen LogP contribution < -0.4 is 11.1 Å². The fourth-order valence-corrected chi connectivity index (χ4v) is 2.87. The van der Waals surface area contributed by atoms with Gasteiger partial charge < -0.3 is 11.1 Å². The molecule has 1 aliphatic rings. The molecule has 86 valence electrons. The highest BCUT2D eigenvalue weighted by molar-refractivity contribution is 8.00. The van der Waals surface area contributed by atoms with Gasteiger partial charge in [0.25, 0.3) is 0 Å². The SMILES string of the molecule is NC(=S)c1cn[nH]c1NC(=O)C1CCCS1. The molecule has 1 amide bonds. The van der Waals surface area contributed by atoms with Crippen molar-refractivity contribution in [3.8, 4) is 0 Å². The molecule has 4 N–H and O–H groups in total. The van der Waals surface area contributed by atoms with Gasteiger partial charge >= 0.3 is 0 Å². The maximum absolute atomic E-state index is 11.8. The second-order valence-corrected chi connectivity index (χ2v) is 5.26. The fraction of sp³-hybridized carbons (Fsp3) is 0.444. The average Bonchev–Trinajstić information content (AvgIpc) is 2.86. The first-order chi connectivity index (χ1) is 7.68. The lowest BCUT2D eigenvalue weighted by Gasteiger charge is -2.09. The van der Waals surface area contributed by atoms with E-state index in [0.717, 1.165) is 18.6 Å². The summed E-state index contributed by atoms with van der Waals surface area (Å²) < 4.78 is 0. The van der Waals surface area contributed by atoms with E-state index in [9.17, 15) is 4.79 Å². The van der Waals surface area contributed by atoms with Gasteiger partial charge in [0.05, 0.1) is 17.0 Å². The number of hydrogen-bond acceptors (Lipinski definition) is 4. The summed E-state index contributed by atoms with van der Waals surface area (Å²) in [4.78, 5) is 12.0. The minimum atomic E-state index is -0.00995. The van der Waals surface area contributed by atoms with Gasteiger partial charge in [-0.3, -0.25) is 9.89 Å². The quantitative estimate of drug-likeness (QED) is 0.699. The third-order valence-corrected chi connectivity index (χ3v) is 3.97. The number of carbonyl (C=O) groups excluding carboxylic acids is 1. The summed E-state index contributed by atoms with van der Waals surface area (Å²) >= 11 is 6.53. The molecule has 1 unspecified atom stereocenters. The van der Waals surface area contributed by atoms with Gasteiger partial charge in [-0.05, 0) is 18.6 Å². The number of H-pyrrole nitrogens is 1. The lowest BCUT2D eigenvalue weighted by atomic mass is 10.2. The highest BCUT2D eigenvalue weighted by Gasteiger charge is 2.24. The average molecular weight is 256 g/mol. The summed E-state index contributed by atoms with van der Waals surface area (Å²) in [5.41, 5.74) is 6.08. The zero-order chi connectivity index (χ0) is 11.5. The van der Waals surface area contributed by atoms with E-state index >= 15 is 0 Å². The number of aromatic nitrogens is 2. The molecule has 7 heteroatoms. The summed E-state index contributed by atoms with van der Waals surface area (Å²) in [6.07, 6.45) is 3.53. The zero-order valence-corrected chi connectivity index (χ0v) is 10.2. The van der Waals surface area contributed by atoms with Gasteiger partial charge in [0.1, 0.15) is 10.8 Å². The van der Waals surface area contributed by atoms with Crippen LogP contribution in [0.15, 0.2) is 6.20 Å². The van der Waals surface area contributed by atoms with Crippen molar-refractivity contribution in [2.45, 2.75) is 18.1 Å². The summed E-state index contributed by atoms with van der Waals surface area (Å²) in [6.45, 7) is 0. The molecule has 1 atom stereocenters. The van der Waals surface area contributed by atoms with Crippen molar-refractivity contribution in [1.82, 2.24) is 10.2 Å². The first-order valence-corrected chi connectivity index (χ1v) is 6.40. The van der Waals surface area contributed by atoms with Crippen LogP contribution in [0.4, 0.5) is 5.82 Å². The first-order valence-electron chi connectivity index (χ1n) is 4.94. The molecule has 0 saturated carbocycles. The summed E-state index contributed by atoms with van der Waals surface area (Å²) in [5, 5.41) is 9.29. The molecule has 2 heterocycles. The van der Waals surface area contributed by atoms with E-state index in [4.69, 9.17) is 18.0 Å². The number of nitrogens with one attached hydrogen (secondary N) is 2. The van der Waals surface area contributed by atoms with Crippen LogP contribution in [0.2, 0.25) is 0 Å². The molecule has 0 bridgehead atoms. The van der Waals surface area contributed by atoms with Crippen LogP contribution in [0.5, 0.6) is 0 Å². The maximum Gasteiger partial charge on any atom is 0.238 e. The summed E-state index contributed by atoms with van der Waals surface area (Å²) in [6, 6.07) is 0. The maximum atomic E-state index is 11.8. The number of thioether (sulfide) groups is 1. The van der Waals surface area contributed by atoms with Gasteiger partial charge in [-0.1, -0.05) is 12.2 Å². The van der Waals surface area contributed by atoms with E-state index in [0.29, 0.717) is 11.4 Å². The molecule has 16 heavy (non-hydrogen) atoms. The predicted molar refractivity (Wildman–Crippen MR) is 68.6 cm³/mol. The van der Waals surface area contributed by atoms with E-state index in [1.807, 2.05) is 0 Å². The molecule has 1 aliphatic heterocycles. The number of nitrogens with two attached hydrogens (primary N) is 1. The normalized spacial score (nSPS) is 19.6. The second-order valence-electron chi connectivity index (χ2n) is 3.51. The van der Waals surface area contributed by atoms with Gasteiger partial charge in [0, 0.05) is 0 Å². The standard InChI is InChI=1S/C9H12N4OS2/c10-7(15)5-4-11-13-8(5)12-9(14)6-2-1-3-16-6/h4,6H,1-3H2,(H2,10,15)(H2,11,12,13,14).